The van der Waals surface area contributed by atoms with Gasteiger partial charge in [-0.15, -0.1) is 0 Å². The molecule has 1 rings (SSSR count). The molecule has 1 aromatic rings. The van der Waals surface area contributed by atoms with Crippen molar-refractivity contribution in [2.24, 2.45) is 0 Å². The molecule has 18 heavy (non-hydrogen) atoms. The Bertz CT molecular complexity index is 435. The Balaban J connectivity index is 2.64. The van der Waals surface area contributed by atoms with Crippen LogP contribution in [0.2, 0.25) is 0 Å². The van der Waals surface area contributed by atoms with Gasteiger partial charge in [-0.25, -0.2) is 8.78 Å². The van der Waals surface area contributed by atoms with E-state index in [2.05, 4.69) is 10.1 Å². The molecule has 0 saturated heterocycles. The summed E-state index contributed by atoms with van der Waals surface area (Å²) in [7, 11) is 1.31. The van der Waals surface area contributed by atoms with E-state index in [0.29, 0.717) is 6.54 Å². The number of carbonyl (C=O) groups excluding carboxylic acids is 1. The molecule has 0 bridgehead atoms. The third-order valence-corrected chi connectivity index (χ3v) is 2.75. The zero-order chi connectivity index (χ0) is 13.7. The lowest BCUT2D eigenvalue weighted by Gasteiger charge is -2.15. The van der Waals surface area contributed by atoms with Crippen LogP contribution in [0.1, 0.15) is 30.5 Å². The van der Waals surface area contributed by atoms with E-state index in [1.54, 1.807) is 6.92 Å². The van der Waals surface area contributed by atoms with Crippen molar-refractivity contribution >= 4 is 5.97 Å². The average Bonchev–Trinajstić information content (AvgIpc) is 2.33. The van der Waals surface area contributed by atoms with Gasteiger partial charge in [-0.3, -0.25) is 4.79 Å². The molecule has 0 aliphatic rings. The smallest absolute Gasteiger partial charge is 0.306 e. The molecule has 5 heteroatoms. The Morgan fingerprint density at radius 3 is 2.67 bits per heavy atom. The number of hydrogen-bond donors (Lipinski definition) is 1. The maximum absolute atomic E-state index is 13.6. The predicted octanol–water partition coefficient (Wildman–Crippen LogP) is 2.49. The van der Waals surface area contributed by atoms with Gasteiger partial charge in [0.1, 0.15) is 11.6 Å². The third-order valence-electron chi connectivity index (χ3n) is 2.75. The van der Waals surface area contributed by atoms with Gasteiger partial charge in [0.05, 0.1) is 13.5 Å². The Morgan fingerprint density at radius 2 is 2.06 bits per heavy atom. The summed E-state index contributed by atoms with van der Waals surface area (Å²) >= 11 is 0. The minimum absolute atomic E-state index is 0.191. The summed E-state index contributed by atoms with van der Waals surface area (Å²) in [6.07, 6.45) is 0.191. The van der Waals surface area contributed by atoms with E-state index in [1.165, 1.54) is 26.2 Å². The number of ether oxygens (including phenoxy) is 1. The molecule has 0 heterocycles. The standard InChI is InChI=1S/C13H17F2NO2/c1-8-6-12(15)10(7-11(8)14)9(2)16-5-4-13(17)18-3/h6-7,9,16H,4-5H2,1-3H3. The van der Waals surface area contributed by atoms with Crippen molar-refractivity contribution in [1.82, 2.24) is 5.32 Å². The van der Waals surface area contributed by atoms with Gasteiger partial charge in [-0.2, -0.15) is 0 Å². The first-order valence-corrected chi connectivity index (χ1v) is 5.71. The molecular formula is C13H17F2NO2. The quantitative estimate of drug-likeness (QED) is 0.824. The Labute approximate surface area is 105 Å². The molecule has 3 nitrogen and oxygen atoms in total. The van der Waals surface area contributed by atoms with Crippen LogP contribution in [0.15, 0.2) is 12.1 Å². The van der Waals surface area contributed by atoms with Crippen LogP contribution < -0.4 is 5.32 Å². The molecule has 0 radical (unpaired) electrons. The van der Waals surface area contributed by atoms with Crippen molar-refractivity contribution in [3.05, 3.63) is 34.9 Å². The largest absolute Gasteiger partial charge is 0.469 e. The first-order chi connectivity index (χ1) is 8.45. The highest BCUT2D eigenvalue weighted by molar-refractivity contribution is 5.69. The van der Waals surface area contributed by atoms with Gasteiger partial charge in [0.25, 0.3) is 0 Å². The number of halogens is 2. The highest BCUT2D eigenvalue weighted by Crippen LogP contribution is 2.20. The molecule has 0 aliphatic carbocycles. The van der Waals surface area contributed by atoms with E-state index < -0.39 is 11.6 Å². The molecule has 0 saturated carbocycles. The predicted molar refractivity (Wildman–Crippen MR) is 64.1 cm³/mol. The Kier molecular flexibility index (Phi) is 5.22. The fraction of sp³-hybridized carbons (Fsp3) is 0.462. The van der Waals surface area contributed by atoms with Crippen LogP contribution in [-0.2, 0) is 9.53 Å². The van der Waals surface area contributed by atoms with Crippen molar-refractivity contribution in [2.75, 3.05) is 13.7 Å². The maximum Gasteiger partial charge on any atom is 0.306 e. The number of methoxy groups -OCH3 is 1. The molecule has 0 fully saturated rings. The number of rotatable bonds is 5. The van der Waals surface area contributed by atoms with Crippen molar-refractivity contribution in [3.8, 4) is 0 Å². The molecule has 0 amide bonds. The normalized spacial score (nSPS) is 12.3. The first-order valence-electron chi connectivity index (χ1n) is 5.71. The van der Waals surface area contributed by atoms with E-state index in [-0.39, 0.29) is 29.6 Å². The zero-order valence-corrected chi connectivity index (χ0v) is 10.7. The molecule has 0 aliphatic heterocycles. The van der Waals surface area contributed by atoms with E-state index in [9.17, 15) is 13.6 Å². The van der Waals surface area contributed by atoms with Gasteiger partial charge in [0, 0.05) is 18.2 Å². The van der Waals surface area contributed by atoms with Crippen LogP contribution in [0.3, 0.4) is 0 Å². The zero-order valence-electron chi connectivity index (χ0n) is 10.7. The van der Waals surface area contributed by atoms with Crippen LogP contribution in [0.5, 0.6) is 0 Å². The topological polar surface area (TPSA) is 38.3 Å². The monoisotopic (exact) mass is 257 g/mol. The minimum atomic E-state index is -0.452. The molecule has 1 N–H and O–H groups in total. The number of hydrogen-bond acceptors (Lipinski definition) is 3. The van der Waals surface area contributed by atoms with Crippen LogP contribution in [0.4, 0.5) is 8.78 Å². The molecule has 1 aromatic carbocycles. The number of nitrogens with one attached hydrogen (secondary N) is 1. The van der Waals surface area contributed by atoms with E-state index in [4.69, 9.17) is 0 Å². The third kappa shape index (κ3) is 3.77. The Hall–Kier alpha value is -1.49. The Morgan fingerprint density at radius 1 is 1.39 bits per heavy atom. The summed E-state index contributed by atoms with van der Waals surface area (Å²) < 4.78 is 31.5. The molecule has 1 atom stereocenters. The first kappa shape index (κ1) is 14.6. The molecule has 1 unspecified atom stereocenters. The van der Waals surface area contributed by atoms with Crippen molar-refractivity contribution in [3.63, 3.8) is 0 Å². The summed E-state index contributed by atoms with van der Waals surface area (Å²) in [4.78, 5) is 10.9. The van der Waals surface area contributed by atoms with Gasteiger partial charge < -0.3 is 10.1 Å². The average molecular weight is 257 g/mol. The fourth-order valence-corrected chi connectivity index (χ4v) is 1.60. The molecule has 100 valence electrons. The molecular weight excluding hydrogens is 240 g/mol. The van der Waals surface area contributed by atoms with Crippen molar-refractivity contribution < 1.29 is 18.3 Å². The van der Waals surface area contributed by atoms with Gasteiger partial charge in [0.15, 0.2) is 0 Å². The van der Waals surface area contributed by atoms with E-state index >= 15 is 0 Å². The van der Waals surface area contributed by atoms with Gasteiger partial charge >= 0.3 is 5.97 Å². The van der Waals surface area contributed by atoms with Gasteiger partial charge in [-0.1, -0.05) is 0 Å². The van der Waals surface area contributed by atoms with Gasteiger partial charge in [-0.05, 0) is 31.5 Å². The summed E-state index contributed by atoms with van der Waals surface area (Å²) in [6, 6.07) is 1.98. The van der Waals surface area contributed by atoms with Crippen LogP contribution in [-0.4, -0.2) is 19.6 Å². The lowest BCUT2D eigenvalue weighted by molar-refractivity contribution is -0.140. The number of carbonyl (C=O) groups is 1. The van der Waals surface area contributed by atoms with E-state index in [1.807, 2.05) is 0 Å². The van der Waals surface area contributed by atoms with E-state index in [0.717, 1.165) is 0 Å². The number of aryl methyl sites for hydroxylation is 1. The van der Waals surface area contributed by atoms with Crippen LogP contribution >= 0.6 is 0 Å². The van der Waals surface area contributed by atoms with Crippen molar-refractivity contribution in [1.29, 1.82) is 0 Å². The second-order valence-corrected chi connectivity index (χ2v) is 4.12. The van der Waals surface area contributed by atoms with Gasteiger partial charge in [0.2, 0.25) is 0 Å². The lowest BCUT2D eigenvalue weighted by Crippen LogP contribution is -2.23. The second-order valence-electron chi connectivity index (χ2n) is 4.12. The SMILES string of the molecule is COC(=O)CCNC(C)c1cc(F)c(C)cc1F. The maximum atomic E-state index is 13.6. The highest BCUT2D eigenvalue weighted by atomic mass is 19.1. The number of esters is 1. The summed E-state index contributed by atoms with van der Waals surface area (Å²) in [6.45, 7) is 3.57. The number of benzene rings is 1. The summed E-state index contributed by atoms with van der Waals surface area (Å²) in [5.74, 6) is -1.23. The fourth-order valence-electron chi connectivity index (χ4n) is 1.60. The highest BCUT2D eigenvalue weighted by Gasteiger charge is 2.13. The summed E-state index contributed by atoms with van der Waals surface area (Å²) in [5.41, 5.74) is 0.529. The molecule has 0 spiro atoms. The second kappa shape index (κ2) is 6.44. The van der Waals surface area contributed by atoms with Crippen LogP contribution in [0, 0.1) is 18.6 Å². The minimum Gasteiger partial charge on any atom is -0.469 e. The van der Waals surface area contributed by atoms with Crippen molar-refractivity contribution in [2.45, 2.75) is 26.3 Å². The summed E-state index contributed by atoms with van der Waals surface area (Å²) in [5, 5.41) is 2.94. The lowest BCUT2D eigenvalue weighted by atomic mass is 10.0. The van der Waals surface area contributed by atoms with Crippen LogP contribution in [0.25, 0.3) is 0 Å². The molecule has 0 aromatic heterocycles.